The van der Waals surface area contributed by atoms with Crippen LogP contribution in [-0.2, 0) is 0 Å². The van der Waals surface area contributed by atoms with Crippen molar-refractivity contribution in [2.75, 3.05) is 37.4 Å². The lowest BCUT2D eigenvalue weighted by molar-refractivity contribution is -0.0461. The van der Waals surface area contributed by atoms with Gasteiger partial charge in [-0.2, -0.15) is 0 Å². The number of rotatable bonds is 6. The average molecular weight is 294 g/mol. The Morgan fingerprint density at radius 2 is 2.26 bits per heavy atom. The zero-order valence-corrected chi connectivity index (χ0v) is 11.4. The highest BCUT2D eigenvalue weighted by molar-refractivity contribution is 7.18. The molecular formula is C10H16F2N4O2S. The van der Waals surface area contributed by atoms with Gasteiger partial charge in [-0.25, -0.2) is 13.8 Å². The van der Waals surface area contributed by atoms with Crippen LogP contribution in [0.1, 0.15) is 16.6 Å². The first-order valence-electron chi connectivity index (χ1n) is 5.55. The summed E-state index contributed by atoms with van der Waals surface area (Å²) in [6, 6.07) is 0. The molecule has 19 heavy (non-hydrogen) atoms. The van der Waals surface area contributed by atoms with Gasteiger partial charge in [-0.05, 0) is 6.92 Å². The normalized spacial score (nSPS) is 11.4. The van der Waals surface area contributed by atoms with Crippen LogP contribution in [0.15, 0.2) is 0 Å². The number of amides is 1. The van der Waals surface area contributed by atoms with Gasteiger partial charge in [-0.15, -0.1) is 0 Å². The number of nitrogen functional groups attached to an aromatic ring is 1. The van der Waals surface area contributed by atoms with E-state index in [4.69, 9.17) is 10.8 Å². The summed E-state index contributed by atoms with van der Waals surface area (Å²) < 4.78 is 25.6. The highest BCUT2D eigenvalue weighted by Crippen LogP contribution is 2.27. The second-order valence-electron chi connectivity index (χ2n) is 3.92. The van der Waals surface area contributed by atoms with E-state index in [-0.39, 0.29) is 10.7 Å². The van der Waals surface area contributed by atoms with Crippen molar-refractivity contribution in [2.24, 2.45) is 0 Å². The summed E-state index contributed by atoms with van der Waals surface area (Å²) in [6.45, 7) is 0.309. The second kappa shape index (κ2) is 6.11. The fourth-order valence-electron chi connectivity index (χ4n) is 1.13. The molecule has 0 unspecified atom stereocenters. The van der Waals surface area contributed by atoms with Gasteiger partial charge in [0.15, 0.2) is 5.13 Å². The fraction of sp³-hybridized carbons (Fsp3) is 0.600. The van der Waals surface area contributed by atoms with E-state index in [1.54, 1.807) is 11.9 Å². The fourth-order valence-corrected chi connectivity index (χ4v) is 2.05. The maximum absolute atomic E-state index is 12.8. The van der Waals surface area contributed by atoms with Crippen molar-refractivity contribution in [2.45, 2.75) is 12.8 Å². The predicted octanol–water partition coefficient (Wildman–Crippen LogP) is 0.539. The van der Waals surface area contributed by atoms with Gasteiger partial charge >= 0.3 is 0 Å². The summed E-state index contributed by atoms with van der Waals surface area (Å²) in [5, 5.41) is 11.0. The number of thiazole rings is 1. The Bertz CT molecular complexity index is 453. The van der Waals surface area contributed by atoms with E-state index in [1.807, 2.05) is 12.2 Å². The van der Waals surface area contributed by atoms with Crippen molar-refractivity contribution in [3.05, 3.63) is 4.88 Å². The van der Waals surface area contributed by atoms with E-state index in [2.05, 4.69) is 4.98 Å². The molecule has 1 amide bonds. The molecule has 0 radical (unpaired) electrons. The van der Waals surface area contributed by atoms with Gasteiger partial charge in [0, 0.05) is 13.6 Å². The largest absolute Gasteiger partial charge is 0.390 e. The van der Waals surface area contributed by atoms with Gasteiger partial charge in [0.25, 0.3) is 11.8 Å². The molecule has 108 valence electrons. The van der Waals surface area contributed by atoms with Gasteiger partial charge in [-0.3, -0.25) is 4.79 Å². The van der Waals surface area contributed by atoms with Crippen molar-refractivity contribution in [1.29, 1.82) is 0 Å². The van der Waals surface area contributed by atoms with Crippen molar-refractivity contribution in [3.63, 3.8) is 0 Å². The maximum Gasteiger partial charge on any atom is 0.287 e. The van der Waals surface area contributed by atoms with Crippen molar-refractivity contribution in [3.8, 4) is 0 Å². The van der Waals surface area contributed by atoms with Crippen LogP contribution in [0.25, 0.3) is 0 Å². The minimum absolute atomic E-state index is 0.00474. The van der Waals surface area contributed by atoms with Crippen molar-refractivity contribution >= 4 is 28.2 Å². The molecule has 0 bridgehead atoms. The van der Waals surface area contributed by atoms with Crippen LogP contribution >= 0.6 is 11.3 Å². The summed E-state index contributed by atoms with van der Waals surface area (Å²) in [6.07, 6.45) is 0. The maximum atomic E-state index is 12.8. The van der Waals surface area contributed by atoms with Gasteiger partial charge in [0.05, 0.1) is 6.54 Å². The molecule has 1 heterocycles. The van der Waals surface area contributed by atoms with Crippen LogP contribution in [0.3, 0.4) is 0 Å². The summed E-state index contributed by atoms with van der Waals surface area (Å²) in [5.41, 5.74) is 5.58. The van der Waals surface area contributed by atoms with Crippen LogP contribution in [0.5, 0.6) is 0 Å². The average Bonchev–Trinajstić information content (AvgIpc) is 2.77. The van der Waals surface area contributed by atoms with Gasteiger partial charge < -0.3 is 21.1 Å². The first kappa shape index (κ1) is 15.6. The smallest absolute Gasteiger partial charge is 0.287 e. The minimum atomic E-state index is -3.35. The molecule has 9 heteroatoms. The number of alkyl halides is 2. The number of aliphatic hydroxyl groups is 1. The Labute approximate surface area is 113 Å². The third-order valence-electron chi connectivity index (χ3n) is 2.39. The summed E-state index contributed by atoms with van der Waals surface area (Å²) in [4.78, 5) is 17.6. The molecule has 0 spiro atoms. The Morgan fingerprint density at radius 3 is 2.79 bits per heavy atom. The second-order valence-corrected chi connectivity index (χ2v) is 4.90. The van der Waals surface area contributed by atoms with E-state index in [0.717, 1.165) is 11.3 Å². The molecule has 0 saturated carbocycles. The highest BCUT2D eigenvalue weighted by Gasteiger charge is 2.29. The quantitative estimate of drug-likeness (QED) is 0.712. The zero-order valence-electron chi connectivity index (χ0n) is 10.6. The molecule has 0 aliphatic rings. The van der Waals surface area contributed by atoms with Crippen LogP contribution in [0, 0.1) is 0 Å². The molecule has 0 aliphatic heterocycles. The molecule has 1 aromatic heterocycles. The zero-order chi connectivity index (χ0) is 14.6. The van der Waals surface area contributed by atoms with Gasteiger partial charge in [-0.1, -0.05) is 11.3 Å². The molecule has 0 atom stereocenters. The third kappa shape index (κ3) is 4.00. The van der Waals surface area contributed by atoms with Crippen molar-refractivity contribution in [1.82, 2.24) is 10.3 Å². The number of anilines is 2. The Hall–Kier alpha value is -1.48. The lowest BCUT2D eigenvalue weighted by atomic mass is 10.3. The summed E-state index contributed by atoms with van der Waals surface area (Å²) in [7, 11) is 1.78. The summed E-state index contributed by atoms with van der Waals surface area (Å²) in [5.74, 6) is -4.07. The van der Waals surface area contributed by atoms with E-state index < -0.39 is 25.0 Å². The number of hydrogen-bond donors (Lipinski definition) is 3. The number of nitrogens with two attached hydrogens (primary N) is 1. The number of nitrogens with zero attached hydrogens (tertiary/aromatic N) is 2. The monoisotopic (exact) mass is 294 g/mol. The molecule has 0 fully saturated rings. The standard InChI is InChI=1S/C10H16F2N4O2S/c1-3-16(2)9-15-7(13)6(19-9)8(18)14-4-10(11,12)5-17/h17H,3-5,13H2,1-2H3,(H,14,18). The number of hydrogen-bond acceptors (Lipinski definition) is 6. The predicted molar refractivity (Wildman–Crippen MR) is 69.8 cm³/mol. The molecule has 1 aromatic rings. The summed E-state index contributed by atoms with van der Waals surface area (Å²) >= 11 is 1.03. The number of halogens is 2. The lowest BCUT2D eigenvalue weighted by Crippen LogP contribution is -2.38. The first-order chi connectivity index (χ1) is 8.80. The van der Waals surface area contributed by atoms with E-state index in [9.17, 15) is 13.6 Å². The van der Waals surface area contributed by atoms with Crippen LogP contribution in [0.2, 0.25) is 0 Å². The Kier molecular flexibility index (Phi) is 5.01. The third-order valence-corrected chi connectivity index (χ3v) is 3.57. The van der Waals surface area contributed by atoms with E-state index in [1.165, 1.54) is 0 Å². The molecule has 0 saturated heterocycles. The molecular weight excluding hydrogens is 278 g/mol. The highest BCUT2D eigenvalue weighted by atomic mass is 32.1. The molecule has 1 rings (SSSR count). The van der Waals surface area contributed by atoms with Crippen LogP contribution < -0.4 is 16.0 Å². The number of carbonyl (C=O) groups excluding carboxylic acids is 1. The van der Waals surface area contributed by atoms with Gasteiger partial charge in [0.2, 0.25) is 0 Å². The minimum Gasteiger partial charge on any atom is -0.390 e. The molecule has 0 aromatic carbocycles. The van der Waals surface area contributed by atoms with Gasteiger partial charge in [0.1, 0.15) is 17.3 Å². The van der Waals surface area contributed by atoms with E-state index >= 15 is 0 Å². The Morgan fingerprint density at radius 1 is 1.63 bits per heavy atom. The van der Waals surface area contributed by atoms with E-state index in [0.29, 0.717) is 11.7 Å². The number of nitrogens with one attached hydrogen (secondary N) is 1. The lowest BCUT2D eigenvalue weighted by Gasteiger charge is -2.13. The SMILES string of the molecule is CCN(C)c1nc(N)c(C(=O)NCC(F)(F)CO)s1. The first-order valence-corrected chi connectivity index (χ1v) is 6.36. The topological polar surface area (TPSA) is 91.5 Å². The van der Waals surface area contributed by atoms with Crippen LogP contribution in [-0.4, -0.2) is 48.7 Å². The molecule has 6 nitrogen and oxygen atoms in total. The molecule has 4 N–H and O–H groups in total. The number of aliphatic hydroxyl groups excluding tert-OH is 1. The Balaban J connectivity index is 2.75. The van der Waals surface area contributed by atoms with Crippen LogP contribution in [0.4, 0.5) is 19.7 Å². The number of carbonyl (C=O) groups is 1. The molecule has 0 aliphatic carbocycles. The number of aromatic nitrogens is 1. The van der Waals surface area contributed by atoms with Crippen molar-refractivity contribution < 1.29 is 18.7 Å².